The maximum absolute atomic E-state index is 13.0. The number of nitrogens with two attached hydrogens (primary N) is 1. The smallest absolute Gasteiger partial charge is 0.327 e. The predicted molar refractivity (Wildman–Crippen MR) is 93.4 cm³/mol. The van der Waals surface area contributed by atoms with E-state index in [9.17, 15) is 22.4 Å². The van der Waals surface area contributed by atoms with Gasteiger partial charge in [0.1, 0.15) is 5.82 Å². The topological polar surface area (TPSA) is 94.5 Å². The lowest BCUT2D eigenvalue weighted by molar-refractivity contribution is 0.0566. The predicted octanol–water partition coefficient (Wildman–Crippen LogP) is 2.78. The minimum Gasteiger partial charge on any atom is -0.327 e. The molecule has 0 aliphatic carbocycles. The van der Waals surface area contributed by atoms with E-state index in [1.807, 2.05) is 0 Å². The molecule has 0 fully saturated rings. The van der Waals surface area contributed by atoms with Crippen molar-refractivity contribution in [3.8, 4) is 16.8 Å². The summed E-state index contributed by atoms with van der Waals surface area (Å²) in [5.74, 6) is 0.0572. The first kappa shape index (κ1) is 19.5. The third-order valence-electron chi connectivity index (χ3n) is 4.29. The molecule has 0 spiro atoms. The fraction of sp³-hybridized carbons (Fsp3) is 0.235. The Balaban J connectivity index is 2.10. The Morgan fingerprint density at radius 1 is 1.32 bits per heavy atom. The summed E-state index contributed by atoms with van der Waals surface area (Å²) in [5, 5.41) is 9.67. The number of hydrogen-bond acceptors (Lipinski definition) is 4. The van der Waals surface area contributed by atoms with Crippen LogP contribution in [0.1, 0.15) is 17.9 Å². The molecular weight excluding hydrogens is 380 g/mol. The summed E-state index contributed by atoms with van der Waals surface area (Å²) in [5.41, 5.74) is 6.32. The molecule has 0 aliphatic rings. The van der Waals surface area contributed by atoms with Crippen LogP contribution in [-0.4, -0.2) is 31.1 Å². The van der Waals surface area contributed by atoms with Gasteiger partial charge in [-0.3, -0.25) is 0 Å². The molecule has 2 aromatic heterocycles. The summed E-state index contributed by atoms with van der Waals surface area (Å²) in [7, 11) is 0. The number of nitrogens with zero attached hydrogens (tertiary/aromatic N) is 4. The van der Waals surface area contributed by atoms with Gasteiger partial charge < -0.3 is 5.73 Å². The highest BCUT2D eigenvalue weighted by Crippen LogP contribution is 2.28. The quantitative estimate of drug-likeness (QED) is 0.627. The maximum Gasteiger partial charge on any atom is 0.347 e. The van der Waals surface area contributed by atoms with E-state index in [1.165, 1.54) is 12.4 Å². The molecular formula is C17H16F4N6O. The van der Waals surface area contributed by atoms with Crippen molar-refractivity contribution < 1.29 is 17.6 Å². The molecule has 148 valence electrons. The standard InChI is InChI=1S/C17H16F4N6O/c1-9-12(11-7-23-26(8-11)16(20)21)3-2-4-13(9)27-14(24-25-17(27)28)5-10(6-22)15(18)19/h2-4,7-8,16H,5-6,22H2,1H3,(H,25,28). The van der Waals surface area contributed by atoms with Gasteiger partial charge in [0.05, 0.1) is 11.9 Å². The summed E-state index contributed by atoms with van der Waals surface area (Å²) in [6, 6.07) is 4.91. The van der Waals surface area contributed by atoms with Crippen LogP contribution in [0.4, 0.5) is 17.6 Å². The van der Waals surface area contributed by atoms with E-state index in [-0.39, 0.29) is 24.4 Å². The fourth-order valence-electron chi connectivity index (χ4n) is 2.87. The minimum atomic E-state index is -2.78. The van der Waals surface area contributed by atoms with Crippen LogP contribution in [0.25, 0.3) is 16.8 Å². The molecule has 0 bridgehead atoms. The number of H-pyrrole nitrogens is 1. The number of halogens is 4. The summed E-state index contributed by atoms with van der Waals surface area (Å²) < 4.78 is 53.2. The number of rotatable bonds is 6. The van der Waals surface area contributed by atoms with Gasteiger partial charge in [0.25, 0.3) is 6.08 Å². The van der Waals surface area contributed by atoms with Crippen LogP contribution in [-0.2, 0) is 6.42 Å². The molecule has 0 amide bonds. The highest BCUT2D eigenvalue weighted by Gasteiger charge is 2.18. The molecule has 7 nitrogen and oxygen atoms in total. The number of alkyl halides is 2. The Hall–Kier alpha value is -3.21. The molecule has 2 heterocycles. The first-order valence-electron chi connectivity index (χ1n) is 8.15. The molecule has 3 aromatic rings. The molecule has 0 radical (unpaired) electrons. The average Bonchev–Trinajstić information content (AvgIpc) is 3.27. The third kappa shape index (κ3) is 3.60. The average molecular weight is 396 g/mol. The largest absolute Gasteiger partial charge is 0.347 e. The normalized spacial score (nSPS) is 11.2. The first-order valence-corrected chi connectivity index (χ1v) is 8.15. The van der Waals surface area contributed by atoms with E-state index in [0.29, 0.717) is 27.1 Å². The highest BCUT2D eigenvalue weighted by atomic mass is 19.3. The van der Waals surface area contributed by atoms with Crippen molar-refractivity contribution in [2.24, 2.45) is 5.73 Å². The number of hydrogen-bond donors (Lipinski definition) is 2. The summed E-state index contributed by atoms with van der Waals surface area (Å²) >= 11 is 0. The summed E-state index contributed by atoms with van der Waals surface area (Å²) in [4.78, 5) is 12.3. The second kappa shape index (κ2) is 7.80. The van der Waals surface area contributed by atoms with Crippen molar-refractivity contribution in [1.82, 2.24) is 24.5 Å². The number of aromatic amines is 1. The second-order valence-corrected chi connectivity index (χ2v) is 5.96. The zero-order chi connectivity index (χ0) is 20.4. The molecule has 3 rings (SSSR count). The zero-order valence-corrected chi connectivity index (χ0v) is 14.7. The van der Waals surface area contributed by atoms with E-state index in [0.717, 1.165) is 4.57 Å². The van der Waals surface area contributed by atoms with E-state index >= 15 is 0 Å². The first-order chi connectivity index (χ1) is 13.3. The van der Waals surface area contributed by atoms with Crippen LogP contribution in [0.2, 0.25) is 0 Å². The molecule has 0 aliphatic heterocycles. The molecule has 0 unspecified atom stereocenters. The van der Waals surface area contributed by atoms with E-state index in [1.54, 1.807) is 25.1 Å². The second-order valence-electron chi connectivity index (χ2n) is 5.96. The number of nitrogens with one attached hydrogen (secondary N) is 1. The van der Waals surface area contributed by atoms with Crippen molar-refractivity contribution >= 4 is 0 Å². The van der Waals surface area contributed by atoms with Crippen molar-refractivity contribution in [1.29, 1.82) is 0 Å². The molecule has 0 saturated carbocycles. The molecule has 0 atom stereocenters. The van der Waals surface area contributed by atoms with Crippen LogP contribution in [0.5, 0.6) is 0 Å². The lowest BCUT2D eigenvalue weighted by Gasteiger charge is -2.12. The van der Waals surface area contributed by atoms with E-state index in [4.69, 9.17) is 5.73 Å². The third-order valence-corrected chi connectivity index (χ3v) is 4.29. The number of aromatic nitrogens is 5. The number of benzene rings is 1. The molecule has 28 heavy (non-hydrogen) atoms. The Morgan fingerprint density at radius 2 is 2.07 bits per heavy atom. The van der Waals surface area contributed by atoms with Gasteiger partial charge >= 0.3 is 12.2 Å². The van der Waals surface area contributed by atoms with Crippen molar-refractivity contribution in [3.63, 3.8) is 0 Å². The van der Waals surface area contributed by atoms with Crippen LogP contribution in [0.3, 0.4) is 0 Å². The zero-order valence-electron chi connectivity index (χ0n) is 14.7. The Labute approximate surface area is 156 Å². The molecule has 11 heteroatoms. The van der Waals surface area contributed by atoms with Gasteiger partial charge in [0, 0.05) is 30.3 Å². The Bertz CT molecular complexity index is 1080. The van der Waals surface area contributed by atoms with Gasteiger partial charge in [0.2, 0.25) is 0 Å². The SMILES string of the molecule is Cc1c(-c2cnn(C(F)F)c2)cccc1-n1c(CC(CN)=C(F)F)n[nH]c1=O. The Morgan fingerprint density at radius 3 is 2.68 bits per heavy atom. The molecule has 3 N–H and O–H groups in total. The van der Waals surface area contributed by atoms with Crippen molar-refractivity contribution in [3.05, 3.63) is 64.1 Å². The van der Waals surface area contributed by atoms with Crippen LogP contribution >= 0.6 is 0 Å². The summed E-state index contributed by atoms with van der Waals surface area (Å²) in [6.07, 6.45) is 0.230. The van der Waals surface area contributed by atoms with Crippen LogP contribution in [0.15, 0.2) is 47.0 Å². The van der Waals surface area contributed by atoms with Gasteiger partial charge in [-0.05, 0) is 24.1 Å². The van der Waals surface area contributed by atoms with Crippen LogP contribution < -0.4 is 11.4 Å². The monoisotopic (exact) mass is 396 g/mol. The molecule has 0 saturated heterocycles. The van der Waals surface area contributed by atoms with Gasteiger partial charge in [-0.1, -0.05) is 12.1 Å². The van der Waals surface area contributed by atoms with E-state index in [2.05, 4.69) is 15.3 Å². The fourth-order valence-corrected chi connectivity index (χ4v) is 2.87. The van der Waals surface area contributed by atoms with Crippen molar-refractivity contribution in [2.45, 2.75) is 19.9 Å². The Kier molecular flexibility index (Phi) is 5.45. The molecule has 1 aromatic carbocycles. The van der Waals surface area contributed by atoms with Gasteiger partial charge in [-0.2, -0.15) is 27.8 Å². The van der Waals surface area contributed by atoms with E-state index < -0.39 is 18.3 Å². The highest BCUT2D eigenvalue weighted by molar-refractivity contribution is 5.70. The van der Waals surface area contributed by atoms with Gasteiger partial charge in [-0.15, -0.1) is 0 Å². The van der Waals surface area contributed by atoms with Gasteiger partial charge in [-0.25, -0.2) is 19.1 Å². The van der Waals surface area contributed by atoms with Crippen molar-refractivity contribution in [2.75, 3.05) is 6.54 Å². The lowest BCUT2D eigenvalue weighted by Crippen LogP contribution is -2.19. The minimum absolute atomic E-state index is 0.0572. The van der Waals surface area contributed by atoms with Gasteiger partial charge in [0.15, 0.2) is 0 Å². The van der Waals surface area contributed by atoms with Crippen LogP contribution in [0, 0.1) is 6.92 Å². The lowest BCUT2D eigenvalue weighted by atomic mass is 10.0. The maximum atomic E-state index is 13.0. The summed E-state index contributed by atoms with van der Waals surface area (Å²) in [6.45, 7) is -1.48.